The van der Waals surface area contributed by atoms with Crippen LogP contribution in [-0.2, 0) is 14.4 Å². The van der Waals surface area contributed by atoms with Gasteiger partial charge in [-0.2, -0.15) is 0 Å². The number of ether oxygens (including phenoxy) is 2. The van der Waals surface area contributed by atoms with Gasteiger partial charge in [-0.25, -0.2) is 4.90 Å². The van der Waals surface area contributed by atoms with Gasteiger partial charge in [0.15, 0.2) is 11.5 Å². The Morgan fingerprint density at radius 2 is 1.71 bits per heavy atom. The standard InChI is InChI=1S/C25H28N2O7/c1-13(2)12-25(24(31)32)19-18(20(26-25)14-8-7-11-17(34-4)21(14)28)22(29)27(23(19)30)15-9-5-6-10-16(15)33-3/h5-11,13,18-20,26,28H,12H2,1-4H3,(H,31,32)/t18-,19+,20-,25-/m0/s1. The molecule has 9 nitrogen and oxygen atoms in total. The van der Waals surface area contributed by atoms with Crippen molar-refractivity contribution in [3.63, 3.8) is 0 Å². The predicted molar refractivity (Wildman–Crippen MR) is 123 cm³/mol. The van der Waals surface area contributed by atoms with Gasteiger partial charge in [-0.1, -0.05) is 38.1 Å². The molecule has 2 saturated heterocycles. The molecule has 0 bridgehead atoms. The number of nitrogens with one attached hydrogen (secondary N) is 1. The zero-order chi connectivity index (χ0) is 24.8. The Morgan fingerprint density at radius 3 is 2.32 bits per heavy atom. The van der Waals surface area contributed by atoms with E-state index in [1.807, 2.05) is 13.8 Å². The number of benzene rings is 2. The van der Waals surface area contributed by atoms with Gasteiger partial charge in [0, 0.05) is 11.6 Å². The zero-order valence-electron chi connectivity index (χ0n) is 19.4. The van der Waals surface area contributed by atoms with Gasteiger partial charge in [0.25, 0.3) is 0 Å². The van der Waals surface area contributed by atoms with Gasteiger partial charge in [0.1, 0.15) is 11.3 Å². The summed E-state index contributed by atoms with van der Waals surface area (Å²) in [6, 6.07) is 10.5. The van der Waals surface area contributed by atoms with Crippen LogP contribution in [0, 0.1) is 17.8 Å². The maximum absolute atomic E-state index is 13.8. The first kappa shape index (κ1) is 23.6. The van der Waals surface area contributed by atoms with Gasteiger partial charge in [-0.05, 0) is 30.5 Å². The molecule has 2 aliphatic heterocycles. The zero-order valence-corrected chi connectivity index (χ0v) is 19.4. The molecule has 34 heavy (non-hydrogen) atoms. The number of rotatable bonds is 7. The largest absolute Gasteiger partial charge is 0.504 e. The normalized spacial score (nSPS) is 26.1. The lowest BCUT2D eigenvalue weighted by Crippen LogP contribution is -2.56. The molecule has 0 aliphatic carbocycles. The lowest BCUT2D eigenvalue weighted by atomic mass is 9.75. The molecule has 0 saturated carbocycles. The van der Waals surface area contributed by atoms with E-state index in [-0.39, 0.29) is 29.5 Å². The van der Waals surface area contributed by atoms with Crippen LogP contribution in [0.5, 0.6) is 17.2 Å². The van der Waals surface area contributed by atoms with E-state index in [0.717, 1.165) is 4.90 Å². The fourth-order valence-electron chi connectivity index (χ4n) is 5.39. The monoisotopic (exact) mass is 468 g/mol. The first-order chi connectivity index (χ1) is 16.2. The number of nitrogens with zero attached hydrogens (tertiary/aromatic N) is 1. The number of aliphatic carboxylic acids is 1. The molecule has 2 aromatic carbocycles. The second-order valence-electron chi connectivity index (χ2n) is 9.08. The molecule has 4 rings (SSSR count). The van der Waals surface area contributed by atoms with Crippen LogP contribution in [-0.4, -0.2) is 47.8 Å². The van der Waals surface area contributed by atoms with Crippen LogP contribution >= 0.6 is 0 Å². The third-order valence-corrected chi connectivity index (χ3v) is 6.68. The van der Waals surface area contributed by atoms with Gasteiger partial charge in [0.2, 0.25) is 11.8 Å². The van der Waals surface area contributed by atoms with Gasteiger partial charge in [-0.3, -0.25) is 19.7 Å². The maximum atomic E-state index is 13.8. The topological polar surface area (TPSA) is 125 Å². The highest BCUT2D eigenvalue weighted by molar-refractivity contribution is 6.24. The first-order valence-electron chi connectivity index (χ1n) is 11.1. The van der Waals surface area contributed by atoms with Crippen molar-refractivity contribution in [3.8, 4) is 17.2 Å². The lowest BCUT2D eigenvalue weighted by molar-refractivity contribution is -0.149. The summed E-state index contributed by atoms with van der Waals surface area (Å²) in [5.74, 6) is -4.40. The minimum atomic E-state index is -1.71. The molecular weight excluding hydrogens is 440 g/mol. The smallest absolute Gasteiger partial charge is 0.324 e. The van der Waals surface area contributed by atoms with Crippen molar-refractivity contribution in [1.82, 2.24) is 5.32 Å². The summed E-state index contributed by atoms with van der Waals surface area (Å²) >= 11 is 0. The summed E-state index contributed by atoms with van der Waals surface area (Å²) < 4.78 is 10.6. The number of anilines is 1. The number of phenols is 1. The van der Waals surface area contributed by atoms with E-state index in [1.54, 1.807) is 42.5 Å². The fraction of sp³-hybridized carbons (Fsp3) is 0.400. The summed E-state index contributed by atoms with van der Waals surface area (Å²) in [4.78, 5) is 41.4. The first-order valence-corrected chi connectivity index (χ1v) is 11.1. The van der Waals surface area contributed by atoms with Crippen molar-refractivity contribution in [1.29, 1.82) is 0 Å². The van der Waals surface area contributed by atoms with Crippen LogP contribution in [0.2, 0.25) is 0 Å². The van der Waals surface area contributed by atoms with Crippen LogP contribution in [0.15, 0.2) is 42.5 Å². The maximum Gasteiger partial charge on any atom is 0.324 e. The minimum absolute atomic E-state index is 0.0925. The summed E-state index contributed by atoms with van der Waals surface area (Å²) in [5.41, 5.74) is -1.15. The van der Waals surface area contributed by atoms with Crippen LogP contribution in [0.1, 0.15) is 31.9 Å². The number of carboxylic acid groups (broad SMARTS) is 1. The molecule has 2 amide bonds. The summed E-state index contributed by atoms with van der Waals surface area (Å²) in [6.07, 6.45) is 0.115. The Hall–Kier alpha value is -3.59. The van der Waals surface area contributed by atoms with E-state index in [0.29, 0.717) is 11.3 Å². The number of amides is 2. The number of hydrogen-bond donors (Lipinski definition) is 3. The van der Waals surface area contributed by atoms with E-state index >= 15 is 0 Å². The molecule has 4 atom stereocenters. The molecule has 2 heterocycles. The molecule has 180 valence electrons. The summed E-state index contributed by atoms with van der Waals surface area (Å²) in [5, 5.41) is 24.3. The second-order valence-corrected chi connectivity index (χ2v) is 9.08. The molecule has 2 aromatic rings. The molecule has 3 N–H and O–H groups in total. The predicted octanol–water partition coefficient (Wildman–Crippen LogP) is 2.73. The number of methoxy groups -OCH3 is 2. The van der Waals surface area contributed by atoms with Gasteiger partial charge in [-0.15, -0.1) is 0 Å². The third kappa shape index (κ3) is 3.38. The van der Waals surface area contributed by atoms with Crippen molar-refractivity contribution in [2.75, 3.05) is 19.1 Å². The van der Waals surface area contributed by atoms with Gasteiger partial charge in [0.05, 0.1) is 31.7 Å². The van der Waals surface area contributed by atoms with Crippen molar-refractivity contribution < 1.29 is 34.1 Å². The second kappa shape index (κ2) is 8.64. The number of carbonyl (C=O) groups is 3. The highest BCUT2D eigenvalue weighted by Gasteiger charge is 2.69. The molecule has 0 radical (unpaired) electrons. The third-order valence-electron chi connectivity index (χ3n) is 6.68. The van der Waals surface area contributed by atoms with Crippen molar-refractivity contribution in [3.05, 3.63) is 48.0 Å². The molecule has 0 aromatic heterocycles. The number of carboxylic acids is 1. The van der Waals surface area contributed by atoms with E-state index in [2.05, 4.69) is 5.32 Å². The number of fused-ring (bicyclic) bond motifs is 1. The number of para-hydroxylation sites is 3. The summed E-state index contributed by atoms with van der Waals surface area (Å²) in [6.45, 7) is 3.72. The molecule has 0 spiro atoms. The van der Waals surface area contributed by atoms with E-state index < -0.39 is 41.2 Å². The number of carbonyl (C=O) groups excluding carboxylic acids is 2. The number of imide groups is 1. The van der Waals surface area contributed by atoms with Crippen LogP contribution in [0.3, 0.4) is 0 Å². The molecule has 0 unspecified atom stereocenters. The fourth-order valence-corrected chi connectivity index (χ4v) is 5.39. The Labute approximate surface area is 197 Å². The highest BCUT2D eigenvalue weighted by Crippen LogP contribution is 2.54. The Morgan fingerprint density at radius 1 is 1.06 bits per heavy atom. The van der Waals surface area contributed by atoms with E-state index in [9.17, 15) is 24.6 Å². The highest BCUT2D eigenvalue weighted by atomic mass is 16.5. The van der Waals surface area contributed by atoms with Crippen molar-refractivity contribution in [2.24, 2.45) is 17.8 Å². The van der Waals surface area contributed by atoms with Gasteiger partial charge < -0.3 is 19.7 Å². The van der Waals surface area contributed by atoms with Crippen LogP contribution in [0.25, 0.3) is 0 Å². The molecular formula is C25H28N2O7. The average Bonchev–Trinajstić information content (AvgIpc) is 3.27. The minimum Gasteiger partial charge on any atom is -0.504 e. The van der Waals surface area contributed by atoms with Crippen molar-refractivity contribution in [2.45, 2.75) is 31.8 Å². The summed E-state index contributed by atoms with van der Waals surface area (Å²) in [7, 11) is 2.83. The van der Waals surface area contributed by atoms with Gasteiger partial charge >= 0.3 is 5.97 Å². The molecule has 2 aliphatic rings. The number of phenolic OH excluding ortho intramolecular Hbond substituents is 1. The Bertz CT molecular complexity index is 1150. The molecule has 9 heteroatoms. The molecule has 2 fully saturated rings. The number of aromatic hydroxyl groups is 1. The quantitative estimate of drug-likeness (QED) is 0.530. The SMILES string of the molecule is COc1ccccc1N1C(=O)[C@@H]2[C@H](c3cccc(OC)c3O)N[C@](CC(C)C)(C(=O)O)[C@H]2C1=O. The van der Waals surface area contributed by atoms with Crippen LogP contribution < -0.4 is 19.7 Å². The van der Waals surface area contributed by atoms with Crippen molar-refractivity contribution >= 4 is 23.5 Å². The number of hydrogen-bond acceptors (Lipinski definition) is 7. The Balaban J connectivity index is 1.92. The average molecular weight is 469 g/mol. The van der Waals surface area contributed by atoms with E-state index in [4.69, 9.17) is 9.47 Å². The van der Waals surface area contributed by atoms with Crippen LogP contribution in [0.4, 0.5) is 5.69 Å². The lowest BCUT2D eigenvalue weighted by Gasteiger charge is -2.32. The van der Waals surface area contributed by atoms with E-state index in [1.165, 1.54) is 14.2 Å². The Kier molecular flexibility index (Phi) is 5.99.